The molecule has 2 aromatic rings. The Morgan fingerprint density at radius 1 is 0.340 bits per heavy atom. The van der Waals surface area contributed by atoms with Crippen LogP contribution >= 0.6 is 0 Å². The van der Waals surface area contributed by atoms with Crippen LogP contribution in [0.25, 0.3) is 0 Å². The van der Waals surface area contributed by atoms with Crippen LogP contribution in [-0.4, -0.2) is 0 Å². The summed E-state index contributed by atoms with van der Waals surface area (Å²) in [4.78, 5) is 0. The third-order valence-corrected chi connectivity index (χ3v) is 10.0. The van der Waals surface area contributed by atoms with Crippen LogP contribution in [0.3, 0.4) is 0 Å². The molecule has 0 N–H and O–H groups in total. The van der Waals surface area contributed by atoms with Crippen molar-refractivity contribution in [2.24, 2.45) is 0 Å². The molecule has 0 aliphatic heterocycles. The Kier molecular flexibility index (Phi) is 10.9. The number of benzene rings is 2. The monoisotopic (exact) mass is 645 g/mol. The summed E-state index contributed by atoms with van der Waals surface area (Å²) in [6.07, 6.45) is 1.04. The molecule has 0 bridgehead atoms. The Balaban J connectivity index is 3.34. The van der Waals surface area contributed by atoms with E-state index in [0.29, 0.717) is 5.92 Å². The molecule has 0 heteroatoms. The number of hydrogen-bond acceptors (Lipinski definition) is 0. The van der Waals surface area contributed by atoms with Gasteiger partial charge in [0.1, 0.15) is 0 Å². The number of hydrogen-bond donors (Lipinski definition) is 0. The summed E-state index contributed by atoms with van der Waals surface area (Å²) in [5.41, 5.74) is 15.8. The maximum Gasteiger partial charge on any atom is -0.0126 e. The normalized spacial score (nSPS) is 15.3. The third-order valence-electron chi connectivity index (χ3n) is 10.0. The summed E-state index contributed by atoms with van der Waals surface area (Å²) in [6.45, 7) is 61.0. The zero-order valence-electron chi connectivity index (χ0n) is 36.4. The van der Waals surface area contributed by atoms with Crippen LogP contribution < -0.4 is 0 Å². The van der Waals surface area contributed by atoms with Gasteiger partial charge in [0, 0.05) is 0 Å². The Bertz CT molecular complexity index is 1430. The first-order valence-corrected chi connectivity index (χ1v) is 18.8. The van der Waals surface area contributed by atoms with Crippen LogP contribution in [-0.2, 0) is 49.7 Å². The second-order valence-electron chi connectivity index (χ2n) is 23.4. The largest absolute Gasteiger partial charge is 0.0581 e. The lowest BCUT2D eigenvalue weighted by Gasteiger charge is -2.43. The van der Waals surface area contributed by atoms with Crippen molar-refractivity contribution < 1.29 is 0 Å². The fraction of sp³-hybridized carbons (Fsp3) is 0.745. The van der Waals surface area contributed by atoms with Crippen LogP contribution in [0.15, 0.2) is 12.1 Å². The molecule has 0 nitrogen and oxygen atoms in total. The van der Waals surface area contributed by atoms with Gasteiger partial charge in [0.15, 0.2) is 0 Å². The fourth-order valence-electron chi connectivity index (χ4n) is 8.24. The molecule has 0 fully saturated rings. The van der Waals surface area contributed by atoms with Crippen molar-refractivity contribution in [1.82, 2.24) is 0 Å². The van der Waals surface area contributed by atoms with E-state index in [2.05, 4.69) is 185 Å². The second kappa shape index (κ2) is 12.3. The standard InChI is InChI=1S/C47H80/c1-29(30-27-33(41(5,6)7)38(46(20,21)22)39(47(23,24)25)35(30)43(11,12)13)26-31-32(40(2,3)4)28-34(42(8,9)10)37(45(17,18)19)36(31)44(14,15)16/h27-29H,26H2,1-25H3. The summed E-state index contributed by atoms with van der Waals surface area (Å²) in [5, 5.41) is 0. The second-order valence-corrected chi connectivity index (χ2v) is 23.4. The van der Waals surface area contributed by atoms with Crippen molar-refractivity contribution in [2.45, 2.75) is 229 Å². The molecule has 268 valence electrons. The van der Waals surface area contributed by atoms with Gasteiger partial charge in [-0.15, -0.1) is 0 Å². The molecule has 0 saturated carbocycles. The van der Waals surface area contributed by atoms with Gasteiger partial charge in [0.25, 0.3) is 0 Å². The van der Waals surface area contributed by atoms with Crippen LogP contribution in [0.4, 0.5) is 0 Å². The molecule has 0 spiro atoms. The molecule has 0 radical (unpaired) electrons. The lowest BCUT2D eigenvalue weighted by Crippen LogP contribution is -2.34. The van der Waals surface area contributed by atoms with Crippen LogP contribution in [0.5, 0.6) is 0 Å². The average Bonchev–Trinajstić information content (AvgIpc) is 2.76. The van der Waals surface area contributed by atoms with Crippen molar-refractivity contribution in [3.05, 3.63) is 67.8 Å². The molecule has 0 amide bonds. The summed E-state index contributed by atoms with van der Waals surface area (Å²) in [6, 6.07) is 5.30. The van der Waals surface area contributed by atoms with Gasteiger partial charge in [-0.25, -0.2) is 0 Å². The summed E-state index contributed by atoms with van der Waals surface area (Å²) >= 11 is 0. The van der Waals surface area contributed by atoms with Crippen molar-refractivity contribution in [1.29, 1.82) is 0 Å². The van der Waals surface area contributed by atoms with Gasteiger partial charge in [-0.2, -0.15) is 0 Å². The zero-order chi connectivity index (χ0) is 37.5. The fourth-order valence-corrected chi connectivity index (χ4v) is 8.24. The molecule has 0 aliphatic rings. The van der Waals surface area contributed by atoms with E-state index in [0.717, 1.165) is 6.42 Å². The van der Waals surface area contributed by atoms with E-state index in [-0.39, 0.29) is 43.3 Å². The first kappa shape index (κ1) is 41.6. The van der Waals surface area contributed by atoms with Crippen molar-refractivity contribution in [2.75, 3.05) is 0 Å². The van der Waals surface area contributed by atoms with E-state index < -0.39 is 0 Å². The SMILES string of the molecule is CC(Cc1c(C(C)(C)C)cc(C(C)(C)C)c(C(C)(C)C)c1C(C)(C)C)c1cc(C(C)(C)C)c(C(C)(C)C)c(C(C)(C)C)c1C(C)(C)C. The van der Waals surface area contributed by atoms with Crippen LogP contribution in [0.1, 0.15) is 235 Å². The minimum absolute atomic E-state index is 0.00893. The maximum atomic E-state index is 2.67. The van der Waals surface area contributed by atoms with Gasteiger partial charge in [-0.05, 0) is 111 Å². The molecule has 1 atom stereocenters. The first-order chi connectivity index (χ1) is 20.3. The van der Waals surface area contributed by atoms with E-state index in [1.807, 2.05) is 0 Å². The van der Waals surface area contributed by atoms with Crippen molar-refractivity contribution in [3.8, 4) is 0 Å². The highest BCUT2D eigenvalue weighted by Gasteiger charge is 2.41. The molecular formula is C47H80. The van der Waals surface area contributed by atoms with Gasteiger partial charge < -0.3 is 0 Å². The summed E-state index contributed by atoms with van der Waals surface area (Å²) in [7, 11) is 0. The average molecular weight is 645 g/mol. The van der Waals surface area contributed by atoms with Gasteiger partial charge in [0.2, 0.25) is 0 Å². The third kappa shape index (κ3) is 8.97. The Hall–Kier alpha value is -1.56. The maximum absolute atomic E-state index is 2.67. The quantitative estimate of drug-likeness (QED) is 0.312. The van der Waals surface area contributed by atoms with Gasteiger partial charge in [-0.1, -0.05) is 185 Å². The first-order valence-electron chi connectivity index (χ1n) is 18.8. The summed E-state index contributed by atoms with van der Waals surface area (Å²) < 4.78 is 0. The summed E-state index contributed by atoms with van der Waals surface area (Å²) in [5.74, 6) is 0.357. The van der Waals surface area contributed by atoms with Crippen molar-refractivity contribution >= 4 is 0 Å². The molecule has 0 aliphatic carbocycles. The lowest BCUT2D eigenvalue weighted by molar-refractivity contribution is 0.468. The molecule has 0 heterocycles. The Morgan fingerprint density at radius 2 is 0.638 bits per heavy atom. The lowest BCUT2D eigenvalue weighted by atomic mass is 9.61. The molecule has 1 unspecified atom stereocenters. The van der Waals surface area contributed by atoms with E-state index in [9.17, 15) is 0 Å². The predicted molar refractivity (Wildman–Crippen MR) is 215 cm³/mol. The van der Waals surface area contributed by atoms with Crippen LogP contribution in [0, 0.1) is 0 Å². The van der Waals surface area contributed by atoms with Crippen LogP contribution in [0.2, 0.25) is 0 Å². The molecular weight excluding hydrogens is 565 g/mol. The molecule has 0 saturated heterocycles. The van der Waals surface area contributed by atoms with Crippen molar-refractivity contribution in [3.63, 3.8) is 0 Å². The Labute approximate surface area is 295 Å². The smallest absolute Gasteiger partial charge is 0.0126 e. The van der Waals surface area contributed by atoms with Gasteiger partial charge in [-0.3, -0.25) is 0 Å². The number of rotatable bonds is 3. The Morgan fingerprint density at radius 3 is 0.936 bits per heavy atom. The highest BCUT2D eigenvalue weighted by molar-refractivity contribution is 5.59. The van der Waals surface area contributed by atoms with Gasteiger partial charge in [0.05, 0.1) is 0 Å². The predicted octanol–water partition coefficient (Wildman–Crippen LogP) is 14.4. The molecule has 2 aromatic carbocycles. The minimum Gasteiger partial charge on any atom is -0.0581 e. The van der Waals surface area contributed by atoms with E-state index >= 15 is 0 Å². The molecule has 2 rings (SSSR count). The molecule has 47 heavy (non-hydrogen) atoms. The molecule has 0 aromatic heterocycles. The highest BCUT2D eigenvalue weighted by atomic mass is 14.4. The topological polar surface area (TPSA) is 0 Å². The minimum atomic E-state index is 0.00893. The van der Waals surface area contributed by atoms with E-state index in [1.54, 1.807) is 38.9 Å². The van der Waals surface area contributed by atoms with Gasteiger partial charge >= 0.3 is 0 Å². The zero-order valence-corrected chi connectivity index (χ0v) is 36.4. The highest BCUT2D eigenvalue weighted by Crippen LogP contribution is 2.51. The van der Waals surface area contributed by atoms with E-state index in [4.69, 9.17) is 0 Å². The van der Waals surface area contributed by atoms with E-state index in [1.165, 1.54) is 16.7 Å².